The maximum Gasteiger partial charge on any atom is 0.244 e. The molecule has 3 rings (SSSR count). The van der Waals surface area contributed by atoms with Gasteiger partial charge in [0.05, 0.1) is 10.7 Å². The SMILES string of the molecule is Cc1cc(C)n(CC(=O)N2CCC[C@@H](c3ncc(C)s3)C2)n1. The lowest BCUT2D eigenvalue weighted by Gasteiger charge is -2.32. The minimum absolute atomic E-state index is 0.157. The normalized spacial score (nSPS) is 18.7. The molecule has 1 atom stereocenters. The number of aryl methyl sites for hydroxylation is 3. The van der Waals surface area contributed by atoms with Gasteiger partial charge >= 0.3 is 0 Å². The van der Waals surface area contributed by atoms with Crippen molar-refractivity contribution in [2.75, 3.05) is 13.1 Å². The molecule has 0 unspecified atom stereocenters. The number of carbonyl (C=O) groups is 1. The van der Waals surface area contributed by atoms with Crippen LogP contribution in [0.4, 0.5) is 0 Å². The molecule has 0 radical (unpaired) electrons. The molecule has 2 aromatic heterocycles. The monoisotopic (exact) mass is 318 g/mol. The van der Waals surface area contributed by atoms with Gasteiger partial charge < -0.3 is 4.90 Å². The highest BCUT2D eigenvalue weighted by atomic mass is 32.1. The summed E-state index contributed by atoms with van der Waals surface area (Å²) in [5.74, 6) is 0.543. The van der Waals surface area contributed by atoms with Gasteiger partial charge in [-0.25, -0.2) is 4.98 Å². The maximum absolute atomic E-state index is 12.6. The van der Waals surface area contributed by atoms with E-state index in [1.807, 2.05) is 31.0 Å². The largest absolute Gasteiger partial charge is 0.340 e. The summed E-state index contributed by atoms with van der Waals surface area (Å²) < 4.78 is 1.80. The zero-order chi connectivity index (χ0) is 15.7. The third kappa shape index (κ3) is 3.21. The number of aromatic nitrogens is 3. The second kappa shape index (κ2) is 6.20. The lowest BCUT2D eigenvalue weighted by Crippen LogP contribution is -2.41. The molecule has 1 aliphatic heterocycles. The van der Waals surface area contributed by atoms with Crippen molar-refractivity contribution in [2.45, 2.75) is 46.1 Å². The molecule has 0 bridgehead atoms. The molecule has 0 saturated carbocycles. The van der Waals surface area contributed by atoms with Crippen LogP contribution in [-0.4, -0.2) is 38.7 Å². The Balaban J connectivity index is 1.66. The smallest absolute Gasteiger partial charge is 0.244 e. The zero-order valence-corrected chi connectivity index (χ0v) is 14.2. The first-order chi connectivity index (χ1) is 10.5. The van der Waals surface area contributed by atoms with E-state index in [0.717, 1.165) is 37.3 Å². The van der Waals surface area contributed by atoms with Crippen molar-refractivity contribution in [2.24, 2.45) is 0 Å². The second-order valence-corrected chi connectivity index (χ2v) is 7.34. The molecule has 5 nitrogen and oxygen atoms in total. The Morgan fingerprint density at radius 2 is 2.23 bits per heavy atom. The fourth-order valence-electron chi connectivity index (χ4n) is 3.03. The molecule has 118 valence electrons. The van der Waals surface area contributed by atoms with Gasteiger partial charge in [-0.15, -0.1) is 11.3 Å². The Kier molecular flexibility index (Phi) is 4.29. The Morgan fingerprint density at radius 1 is 1.41 bits per heavy atom. The van der Waals surface area contributed by atoms with Gasteiger partial charge in [-0.2, -0.15) is 5.10 Å². The standard InChI is InChI=1S/C16H22N4OS/c1-11-7-12(2)20(18-11)10-15(21)19-6-4-5-14(9-19)16-17-8-13(3)22-16/h7-8,14H,4-6,9-10H2,1-3H3/t14-/m1/s1. The molecule has 0 aromatic carbocycles. The van der Waals surface area contributed by atoms with E-state index in [-0.39, 0.29) is 5.91 Å². The van der Waals surface area contributed by atoms with Gasteiger partial charge in [0.2, 0.25) is 5.91 Å². The van der Waals surface area contributed by atoms with Crippen LogP contribution in [0.25, 0.3) is 0 Å². The summed E-state index contributed by atoms with van der Waals surface area (Å²) in [4.78, 5) is 20.3. The highest BCUT2D eigenvalue weighted by Crippen LogP contribution is 2.29. The van der Waals surface area contributed by atoms with Crippen LogP contribution in [0, 0.1) is 20.8 Å². The topological polar surface area (TPSA) is 51.0 Å². The number of hydrogen-bond acceptors (Lipinski definition) is 4. The first-order valence-corrected chi connectivity index (χ1v) is 8.55. The Bertz CT molecular complexity index is 675. The summed E-state index contributed by atoms with van der Waals surface area (Å²) >= 11 is 1.75. The highest BCUT2D eigenvalue weighted by Gasteiger charge is 2.26. The fraction of sp³-hybridized carbons (Fsp3) is 0.562. The first-order valence-electron chi connectivity index (χ1n) is 7.74. The Morgan fingerprint density at radius 3 is 2.86 bits per heavy atom. The van der Waals surface area contributed by atoms with E-state index in [9.17, 15) is 4.79 Å². The number of hydrogen-bond donors (Lipinski definition) is 0. The predicted octanol–water partition coefficient (Wildman–Crippen LogP) is 2.67. The molecule has 1 aliphatic rings. The van der Waals surface area contributed by atoms with Crippen molar-refractivity contribution in [1.82, 2.24) is 19.7 Å². The molecule has 0 N–H and O–H groups in total. The van der Waals surface area contributed by atoms with E-state index in [4.69, 9.17) is 0 Å². The number of nitrogens with zero attached hydrogens (tertiary/aromatic N) is 4. The fourth-order valence-corrected chi connectivity index (χ4v) is 3.93. The van der Waals surface area contributed by atoms with Crippen LogP contribution >= 0.6 is 11.3 Å². The molecule has 0 spiro atoms. The van der Waals surface area contributed by atoms with Crippen LogP contribution in [0.3, 0.4) is 0 Å². The second-order valence-electron chi connectivity index (χ2n) is 6.07. The summed E-state index contributed by atoms with van der Waals surface area (Å²) in [6.45, 7) is 7.99. The molecule has 1 saturated heterocycles. The van der Waals surface area contributed by atoms with Gasteiger partial charge in [0.1, 0.15) is 6.54 Å². The van der Waals surface area contributed by atoms with Crippen molar-refractivity contribution < 1.29 is 4.79 Å². The van der Waals surface area contributed by atoms with Crippen LogP contribution in [0.5, 0.6) is 0 Å². The minimum atomic E-state index is 0.157. The van der Waals surface area contributed by atoms with Gasteiger partial charge in [-0.3, -0.25) is 9.48 Å². The zero-order valence-electron chi connectivity index (χ0n) is 13.4. The van der Waals surface area contributed by atoms with E-state index in [1.54, 1.807) is 16.0 Å². The van der Waals surface area contributed by atoms with E-state index in [2.05, 4.69) is 17.0 Å². The lowest BCUT2D eigenvalue weighted by atomic mass is 9.99. The third-order valence-corrected chi connectivity index (χ3v) is 5.23. The Hall–Kier alpha value is -1.69. The molecule has 22 heavy (non-hydrogen) atoms. The van der Waals surface area contributed by atoms with Crippen LogP contribution in [0.2, 0.25) is 0 Å². The number of piperidine rings is 1. The van der Waals surface area contributed by atoms with E-state index in [0.29, 0.717) is 12.5 Å². The van der Waals surface area contributed by atoms with Crippen LogP contribution in [0.15, 0.2) is 12.3 Å². The van der Waals surface area contributed by atoms with E-state index >= 15 is 0 Å². The lowest BCUT2D eigenvalue weighted by molar-refractivity contribution is -0.133. The summed E-state index contributed by atoms with van der Waals surface area (Å²) in [6, 6.07) is 2.00. The molecule has 3 heterocycles. The number of thiazole rings is 1. The summed E-state index contributed by atoms with van der Waals surface area (Å²) in [5, 5.41) is 5.55. The average Bonchev–Trinajstić information content (AvgIpc) is 3.05. The molecular formula is C16H22N4OS. The molecule has 6 heteroatoms. The van der Waals surface area contributed by atoms with Gasteiger partial charge in [-0.05, 0) is 39.7 Å². The summed E-state index contributed by atoms with van der Waals surface area (Å²) in [6.07, 6.45) is 4.10. The van der Waals surface area contributed by atoms with Crippen molar-refractivity contribution in [3.63, 3.8) is 0 Å². The third-order valence-electron chi connectivity index (χ3n) is 4.15. The van der Waals surface area contributed by atoms with Gasteiger partial charge in [-0.1, -0.05) is 0 Å². The van der Waals surface area contributed by atoms with Crippen molar-refractivity contribution in [3.05, 3.63) is 33.5 Å². The number of rotatable bonds is 3. The van der Waals surface area contributed by atoms with E-state index in [1.165, 1.54) is 9.88 Å². The highest BCUT2D eigenvalue weighted by molar-refractivity contribution is 7.11. The van der Waals surface area contributed by atoms with E-state index < -0.39 is 0 Å². The van der Waals surface area contributed by atoms with Crippen molar-refractivity contribution >= 4 is 17.2 Å². The molecular weight excluding hydrogens is 296 g/mol. The average molecular weight is 318 g/mol. The summed E-state index contributed by atoms with van der Waals surface area (Å²) in [5.41, 5.74) is 2.00. The van der Waals surface area contributed by atoms with Gasteiger partial charge in [0.25, 0.3) is 0 Å². The van der Waals surface area contributed by atoms with Crippen LogP contribution < -0.4 is 0 Å². The molecule has 2 aromatic rings. The van der Waals surface area contributed by atoms with Crippen LogP contribution in [0.1, 0.15) is 40.0 Å². The summed E-state index contributed by atoms with van der Waals surface area (Å²) in [7, 11) is 0. The maximum atomic E-state index is 12.6. The minimum Gasteiger partial charge on any atom is -0.340 e. The predicted molar refractivity (Wildman–Crippen MR) is 87.1 cm³/mol. The first kappa shape index (κ1) is 15.2. The van der Waals surface area contributed by atoms with Crippen molar-refractivity contribution in [1.29, 1.82) is 0 Å². The van der Waals surface area contributed by atoms with Gasteiger partial charge in [0.15, 0.2) is 0 Å². The van der Waals surface area contributed by atoms with Gasteiger partial charge in [0, 0.05) is 35.8 Å². The number of carbonyl (C=O) groups excluding carboxylic acids is 1. The molecule has 1 amide bonds. The number of amides is 1. The number of likely N-dealkylation sites (tertiary alicyclic amines) is 1. The van der Waals surface area contributed by atoms with Crippen LogP contribution in [-0.2, 0) is 11.3 Å². The molecule has 0 aliphatic carbocycles. The molecule has 1 fully saturated rings. The quantitative estimate of drug-likeness (QED) is 0.874. The Labute approximate surface area is 135 Å². The van der Waals surface area contributed by atoms with Crippen molar-refractivity contribution in [3.8, 4) is 0 Å².